The van der Waals surface area contributed by atoms with Crippen molar-refractivity contribution in [2.45, 2.75) is 32.1 Å². The van der Waals surface area contributed by atoms with E-state index >= 15 is 0 Å². The minimum Gasteiger partial charge on any atom is -0.368 e. The van der Waals surface area contributed by atoms with Crippen LogP contribution in [0.15, 0.2) is 0 Å². The third kappa shape index (κ3) is 5.56. The van der Waals surface area contributed by atoms with E-state index in [1.807, 2.05) is 0 Å². The first kappa shape index (κ1) is 16.4. The third-order valence-electron chi connectivity index (χ3n) is 3.81. The minimum absolute atomic E-state index is 0.237. The van der Waals surface area contributed by atoms with Gasteiger partial charge >= 0.3 is 0 Å². The number of amides is 3. The average Bonchev–Trinajstić information content (AvgIpc) is 2.37. The fourth-order valence-corrected chi connectivity index (χ4v) is 2.66. The van der Waals surface area contributed by atoms with E-state index in [9.17, 15) is 14.4 Å². The van der Waals surface area contributed by atoms with E-state index in [2.05, 4.69) is 0 Å². The first-order chi connectivity index (χ1) is 9.42. The number of primary amides is 2. The standard InChI is InChI=1S/C13H24N4O3/c14-6-10-3-1-9(2-4-10)5-13(20)17(7-11(15)18)8-12(16)19/h9-10H,1-8,14H2,(H2,15,18)(H2,16,19). The molecule has 1 aliphatic carbocycles. The van der Waals surface area contributed by atoms with Gasteiger partial charge in [-0.2, -0.15) is 0 Å². The number of carbonyl (C=O) groups excluding carboxylic acids is 3. The van der Waals surface area contributed by atoms with Gasteiger partial charge in [-0.1, -0.05) is 0 Å². The van der Waals surface area contributed by atoms with Crippen LogP contribution in [0.5, 0.6) is 0 Å². The van der Waals surface area contributed by atoms with Crippen LogP contribution >= 0.6 is 0 Å². The molecule has 114 valence electrons. The Balaban J connectivity index is 2.49. The van der Waals surface area contributed by atoms with E-state index in [-0.39, 0.29) is 24.9 Å². The van der Waals surface area contributed by atoms with Gasteiger partial charge in [0.25, 0.3) is 0 Å². The molecule has 3 amide bonds. The van der Waals surface area contributed by atoms with Crippen molar-refractivity contribution in [3.8, 4) is 0 Å². The van der Waals surface area contributed by atoms with Gasteiger partial charge in [-0.05, 0) is 44.1 Å². The monoisotopic (exact) mass is 284 g/mol. The Kier molecular flexibility index (Phi) is 6.44. The Morgan fingerprint density at radius 2 is 1.35 bits per heavy atom. The molecule has 1 saturated carbocycles. The van der Waals surface area contributed by atoms with Crippen LogP contribution in [-0.2, 0) is 14.4 Å². The molecule has 1 rings (SSSR count). The van der Waals surface area contributed by atoms with Crippen LogP contribution < -0.4 is 17.2 Å². The molecule has 0 aromatic rings. The average molecular weight is 284 g/mol. The Morgan fingerprint density at radius 3 is 1.75 bits per heavy atom. The summed E-state index contributed by atoms with van der Waals surface area (Å²) in [7, 11) is 0. The van der Waals surface area contributed by atoms with E-state index in [0.29, 0.717) is 18.9 Å². The van der Waals surface area contributed by atoms with Crippen LogP contribution in [0.4, 0.5) is 0 Å². The predicted octanol–water partition coefficient (Wildman–Crippen LogP) is -1.06. The number of hydrogen-bond donors (Lipinski definition) is 3. The summed E-state index contributed by atoms with van der Waals surface area (Å²) in [6, 6.07) is 0. The summed E-state index contributed by atoms with van der Waals surface area (Å²) >= 11 is 0. The van der Waals surface area contributed by atoms with Crippen LogP contribution in [0.2, 0.25) is 0 Å². The molecule has 0 spiro atoms. The highest BCUT2D eigenvalue weighted by molar-refractivity contribution is 5.88. The number of rotatable bonds is 7. The van der Waals surface area contributed by atoms with E-state index in [1.165, 1.54) is 0 Å². The normalized spacial score (nSPS) is 22.2. The number of hydrogen-bond acceptors (Lipinski definition) is 4. The van der Waals surface area contributed by atoms with Gasteiger partial charge in [0, 0.05) is 6.42 Å². The zero-order valence-electron chi connectivity index (χ0n) is 11.7. The van der Waals surface area contributed by atoms with Crippen LogP contribution in [0.1, 0.15) is 32.1 Å². The molecule has 0 bridgehead atoms. The molecule has 1 aliphatic rings. The molecule has 1 fully saturated rings. The molecule has 7 heteroatoms. The summed E-state index contributed by atoms with van der Waals surface area (Å²) in [6.07, 6.45) is 4.29. The van der Waals surface area contributed by atoms with Crippen molar-refractivity contribution in [1.29, 1.82) is 0 Å². The summed E-state index contributed by atoms with van der Waals surface area (Å²) in [5.74, 6) is -0.695. The highest BCUT2D eigenvalue weighted by atomic mass is 16.2. The quantitative estimate of drug-likeness (QED) is 0.549. The SMILES string of the molecule is NCC1CCC(CC(=O)N(CC(N)=O)CC(N)=O)CC1. The Labute approximate surface area is 118 Å². The smallest absolute Gasteiger partial charge is 0.237 e. The second-order valence-corrected chi connectivity index (χ2v) is 5.51. The molecule has 20 heavy (non-hydrogen) atoms. The van der Waals surface area contributed by atoms with Gasteiger partial charge in [0.15, 0.2) is 0 Å². The van der Waals surface area contributed by atoms with E-state index in [0.717, 1.165) is 30.6 Å². The first-order valence-corrected chi connectivity index (χ1v) is 6.96. The summed E-state index contributed by atoms with van der Waals surface area (Å²) in [5.41, 5.74) is 15.8. The number of nitrogens with zero attached hydrogens (tertiary/aromatic N) is 1. The Morgan fingerprint density at radius 1 is 0.900 bits per heavy atom. The molecule has 0 aromatic carbocycles. The maximum atomic E-state index is 12.1. The largest absolute Gasteiger partial charge is 0.368 e. The molecule has 0 saturated heterocycles. The van der Waals surface area contributed by atoms with Crippen LogP contribution in [0.3, 0.4) is 0 Å². The molecule has 0 atom stereocenters. The van der Waals surface area contributed by atoms with Gasteiger partial charge in [-0.15, -0.1) is 0 Å². The van der Waals surface area contributed by atoms with Crippen molar-refractivity contribution >= 4 is 17.7 Å². The van der Waals surface area contributed by atoms with E-state index < -0.39 is 11.8 Å². The molecule has 6 N–H and O–H groups in total. The molecular formula is C13H24N4O3. The summed E-state index contributed by atoms with van der Waals surface area (Å²) < 4.78 is 0. The molecule has 0 unspecified atom stereocenters. The van der Waals surface area contributed by atoms with Gasteiger partial charge in [-0.25, -0.2) is 0 Å². The Hall–Kier alpha value is -1.63. The van der Waals surface area contributed by atoms with Gasteiger partial charge in [-0.3, -0.25) is 14.4 Å². The van der Waals surface area contributed by atoms with Gasteiger partial charge < -0.3 is 22.1 Å². The second-order valence-electron chi connectivity index (χ2n) is 5.51. The van der Waals surface area contributed by atoms with Crippen molar-refractivity contribution in [1.82, 2.24) is 4.90 Å². The molecule has 0 aromatic heterocycles. The van der Waals surface area contributed by atoms with Gasteiger partial charge in [0.2, 0.25) is 17.7 Å². The second kappa shape index (κ2) is 7.84. The van der Waals surface area contributed by atoms with Gasteiger partial charge in [0.05, 0.1) is 13.1 Å². The molecule has 0 heterocycles. The predicted molar refractivity (Wildman–Crippen MR) is 74.1 cm³/mol. The summed E-state index contributed by atoms with van der Waals surface area (Å²) in [6.45, 7) is 0.163. The maximum absolute atomic E-state index is 12.1. The molecule has 0 radical (unpaired) electrons. The first-order valence-electron chi connectivity index (χ1n) is 6.96. The van der Waals surface area contributed by atoms with E-state index in [4.69, 9.17) is 17.2 Å². The highest BCUT2D eigenvalue weighted by Crippen LogP contribution is 2.30. The highest BCUT2D eigenvalue weighted by Gasteiger charge is 2.25. The zero-order valence-corrected chi connectivity index (χ0v) is 11.7. The van der Waals surface area contributed by atoms with Gasteiger partial charge in [0.1, 0.15) is 0 Å². The Bertz CT molecular complexity index is 349. The molecule has 0 aliphatic heterocycles. The third-order valence-corrected chi connectivity index (χ3v) is 3.81. The van der Waals surface area contributed by atoms with Crippen LogP contribution in [0.25, 0.3) is 0 Å². The van der Waals surface area contributed by atoms with Crippen molar-refractivity contribution in [2.75, 3.05) is 19.6 Å². The van der Waals surface area contributed by atoms with Crippen molar-refractivity contribution in [3.05, 3.63) is 0 Å². The van der Waals surface area contributed by atoms with Crippen molar-refractivity contribution in [3.63, 3.8) is 0 Å². The van der Waals surface area contributed by atoms with Crippen molar-refractivity contribution < 1.29 is 14.4 Å². The van der Waals surface area contributed by atoms with Crippen LogP contribution in [-0.4, -0.2) is 42.3 Å². The lowest BCUT2D eigenvalue weighted by molar-refractivity contribution is -0.139. The van der Waals surface area contributed by atoms with Crippen LogP contribution in [0, 0.1) is 11.8 Å². The lowest BCUT2D eigenvalue weighted by atomic mass is 9.80. The fourth-order valence-electron chi connectivity index (χ4n) is 2.66. The lowest BCUT2D eigenvalue weighted by Crippen LogP contribution is -2.44. The summed E-state index contributed by atoms with van der Waals surface area (Å²) in [4.78, 5) is 35.1. The number of carbonyl (C=O) groups is 3. The maximum Gasteiger partial charge on any atom is 0.237 e. The number of nitrogens with two attached hydrogens (primary N) is 3. The van der Waals surface area contributed by atoms with Crippen molar-refractivity contribution in [2.24, 2.45) is 29.0 Å². The lowest BCUT2D eigenvalue weighted by Gasteiger charge is -2.29. The van der Waals surface area contributed by atoms with E-state index in [1.54, 1.807) is 0 Å². The molecule has 7 nitrogen and oxygen atoms in total. The summed E-state index contributed by atoms with van der Waals surface area (Å²) in [5, 5.41) is 0. The fraction of sp³-hybridized carbons (Fsp3) is 0.769. The topological polar surface area (TPSA) is 133 Å². The zero-order chi connectivity index (χ0) is 15.1. The minimum atomic E-state index is -0.647. The molecular weight excluding hydrogens is 260 g/mol.